The van der Waals surface area contributed by atoms with E-state index in [1.54, 1.807) is 12.1 Å². The lowest BCUT2D eigenvalue weighted by atomic mass is 10.1. The van der Waals surface area contributed by atoms with E-state index in [4.69, 9.17) is 5.11 Å². The zero-order chi connectivity index (χ0) is 23.2. The predicted molar refractivity (Wildman–Crippen MR) is 119 cm³/mol. The molecule has 8 nitrogen and oxygen atoms in total. The van der Waals surface area contributed by atoms with Crippen LogP contribution in [0.4, 0.5) is 10.1 Å². The molecule has 0 radical (unpaired) electrons. The number of halogens is 1. The Hall–Kier alpha value is -3.14. The van der Waals surface area contributed by atoms with Gasteiger partial charge in [-0.05, 0) is 19.1 Å². The number of hydrogen-bond acceptors (Lipinski definition) is 6. The number of aliphatic carboxylic acids is 1. The van der Waals surface area contributed by atoms with Crippen molar-refractivity contribution < 1.29 is 23.9 Å². The van der Waals surface area contributed by atoms with Crippen molar-refractivity contribution in [1.29, 1.82) is 0 Å². The maximum atomic E-state index is 12.4. The first-order chi connectivity index (χ1) is 14.8. The lowest BCUT2D eigenvalue weighted by Gasteiger charge is -2.15. The van der Waals surface area contributed by atoms with Gasteiger partial charge in [-0.3, -0.25) is 19.2 Å². The largest absolute Gasteiger partial charge is 0.481 e. The first kappa shape index (κ1) is 25.9. The van der Waals surface area contributed by atoms with Gasteiger partial charge in [-0.2, -0.15) is 0 Å². The number of carbonyl (C=O) groups is 3. The number of carbonyl (C=O) groups excluding carboxylic acids is 2. The van der Waals surface area contributed by atoms with Gasteiger partial charge in [0.2, 0.25) is 5.91 Å². The average Bonchev–Trinajstić information content (AvgIpc) is 2.74. The lowest BCUT2D eigenvalue weighted by Crippen LogP contribution is -2.45. The summed E-state index contributed by atoms with van der Waals surface area (Å²) in [6, 6.07) is 11.9. The Morgan fingerprint density at radius 1 is 1.16 bits per heavy atom. The predicted octanol–water partition coefficient (Wildman–Crippen LogP) is 2.42. The van der Waals surface area contributed by atoms with E-state index in [1.807, 2.05) is 25.1 Å². The van der Waals surface area contributed by atoms with Crippen molar-refractivity contribution in [3.8, 4) is 0 Å². The second-order valence-electron chi connectivity index (χ2n) is 6.36. The molecular weight excluding hydrogens is 425 g/mol. The van der Waals surface area contributed by atoms with Crippen LogP contribution in [0.2, 0.25) is 0 Å². The number of nitrogens with zero attached hydrogens (tertiary/aromatic N) is 1. The van der Waals surface area contributed by atoms with Gasteiger partial charge in [0.1, 0.15) is 24.9 Å². The number of pyridine rings is 1. The Labute approximate surface area is 184 Å². The molecule has 0 aliphatic heterocycles. The van der Waals surface area contributed by atoms with Crippen LogP contribution in [-0.4, -0.2) is 45.8 Å². The molecule has 0 bridgehead atoms. The molecule has 2 aromatic rings. The van der Waals surface area contributed by atoms with E-state index in [2.05, 4.69) is 29.1 Å². The summed E-state index contributed by atoms with van der Waals surface area (Å²) in [5.74, 6) is -2.41. The topological polar surface area (TPSA) is 118 Å². The maximum Gasteiger partial charge on any atom is 0.305 e. The van der Waals surface area contributed by atoms with Crippen molar-refractivity contribution in [3.05, 3.63) is 64.6 Å². The Morgan fingerprint density at radius 3 is 2.35 bits per heavy atom. The monoisotopic (exact) mass is 451 g/mol. The molecule has 1 aromatic heterocycles. The Bertz CT molecular complexity index is 921. The van der Waals surface area contributed by atoms with Crippen LogP contribution in [0.25, 0.3) is 0 Å². The molecule has 0 saturated carbocycles. The van der Waals surface area contributed by atoms with Gasteiger partial charge < -0.3 is 19.7 Å². The fourth-order valence-electron chi connectivity index (χ4n) is 2.33. The molecule has 1 amide bonds. The summed E-state index contributed by atoms with van der Waals surface area (Å²) in [6.07, 6.45) is 0.658. The summed E-state index contributed by atoms with van der Waals surface area (Å²) < 4.78 is 16.4. The Kier molecular flexibility index (Phi) is 11.7. The first-order valence-electron chi connectivity index (χ1n) is 9.47. The molecule has 1 atom stereocenters. The number of carboxylic acids is 1. The van der Waals surface area contributed by atoms with E-state index in [1.165, 1.54) is 23.7 Å². The Balaban J connectivity index is 0.000000577. The van der Waals surface area contributed by atoms with Gasteiger partial charge in [0, 0.05) is 11.9 Å². The summed E-state index contributed by atoms with van der Waals surface area (Å²) in [7, 11) is 0. The van der Waals surface area contributed by atoms with Crippen LogP contribution in [-0.2, 0) is 20.9 Å². The second-order valence-corrected chi connectivity index (χ2v) is 7.43. The molecule has 1 heterocycles. The lowest BCUT2D eigenvalue weighted by molar-refractivity contribution is -0.140. The van der Waals surface area contributed by atoms with E-state index >= 15 is 0 Å². The molecule has 0 spiro atoms. The number of benzene rings is 1. The first-order valence-corrected chi connectivity index (χ1v) is 10.5. The van der Waals surface area contributed by atoms with E-state index in [9.17, 15) is 23.6 Å². The summed E-state index contributed by atoms with van der Waals surface area (Å²) in [6.45, 7) is 2.18. The minimum atomic E-state index is -1.47. The molecule has 1 aromatic carbocycles. The van der Waals surface area contributed by atoms with Gasteiger partial charge in [0.05, 0.1) is 6.42 Å². The third-order valence-electron chi connectivity index (χ3n) is 3.84. The number of hydrogen-bond donors (Lipinski definition) is 3. The molecule has 0 aliphatic carbocycles. The van der Waals surface area contributed by atoms with Crippen molar-refractivity contribution in [2.75, 3.05) is 17.1 Å². The molecule has 0 fully saturated rings. The quantitative estimate of drug-likeness (QED) is 0.475. The number of alkyl halides is 1. The van der Waals surface area contributed by atoms with Crippen LogP contribution in [0.15, 0.2) is 53.5 Å². The average molecular weight is 452 g/mol. The fraction of sp³-hybridized carbons (Fsp3) is 0.333. The third kappa shape index (κ3) is 9.94. The molecule has 168 valence electrons. The summed E-state index contributed by atoms with van der Waals surface area (Å²) in [5.41, 5.74) is 1.17. The fourth-order valence-corrected chi connectivity index (χ4v) is 2.79. The SMILES string of the molecule is CCSNc1cccn(CC(=O)NC(CC(=O)O)C(=O)CF)c1=O.Cc1ccccc1. The molecule has 3 N–H and O–H groups in total. The minimum Gasteiger partial charge on any atom is -0.481 e. The molecular formula is C21H26FN3O5S. The highest BCUT2D eigenvalue weighted by atomic mass is 32.2. The van der Waals surface area contributed by atoms with Crippen molar-refractivity contribution in [2.24, 2.45) is 0 Å². The van der Waals surface area contributed by atoms with Gasteiger partial charge in [0.25, 0.3) is 5.56 Å². The number of aromatic nitrogens is 1. The number of amides is 1. The number of ketones is 1. The van der Waals surface area contributed by atoms with Crippen molar-refractivity contribution >= 4 is 35.3 Å². The number of Topliss-reactive ketones (excluding diaryl/α,β-unsaturated/α-hetero) is 1. The van der Waals surface area contributed by atoms with Crippen molar-refractivity contribution in [1.82, 2.24) is 9.88 Å². The van der Waals surface area contributed by atoms with E-state index in [0.717, 1.165) is 10.3 Å². The van der Waals surface area contributed by atoms with Crippen molar-refractivity contribution in [2.45, 2.75) is 32.9 Å². The smallest absolute Gasteiger partial charge is 0.305 e. The van der Waals surface area contributed by atoms with Crippen LogP contribution < -0.4 is 15.6 Å². The second kappa shape index (κ2) is 14.0. The summed E-state index contributed by atoms with van der Waals surface area (Å²) in [4.78, 5) is 46.1. The van der Waals surface area contributed by atoms with Gasteiger partial charge in [0.15, 0.2) is 5.78 Å². The van der Waals surface area contributed by atoms with Gasteiger partial charge in [-0.25, -0.2) is 4.39 Å². The highest BCUT2D eigenvalue weighted by Crippen LogP contribution is 2.06. The molecule has 1 unspecified atom stereocenters. The Morgan fingerprint density at radius 2 is 1.84 bits per heavy atom. The van der Waals surface area contributed by atoms with Crippen LogP contribution in [0, 0.1) is 6.92 Å². The number of rotatable bonds is 10. The van der Waals surface area contributed by atoms with Gasteiger partial charge >= 0.3 is 5.97 Å². The highest BCUT2D eigenvalue weighted by molar-refractivity contribution is 8.00. The summed E-state index contributed by atoms with van der Waals surface area (Å²) in [5, 5.41) is 10.8. The number of carboxylic acid groups (broad SMARTS) is 1. The number of aryl methyl sites for hydroxylation is 1. The molecule has 2 rings (SSSR count). The van der Waals surface area contributed by atoms with Crippen molar-refractivity contribution in [3.63, 3.8) is 0 Å². The van der Waals surface area contributed by atoms with E-state index in [-0.39, 0.29) is 0 Å². The van der Waals surface area contributed by atoms with Gasteiger partial charge in [-0.15, -0.1) is 0 Å². The van der Waals surface area contributed by atoms with Crippen LogP contribution in [0.5, 0.6) is 0 Å². The number of anilines is 1. The molecule has 31 heavy (non-hydrogen) atoms. The highest BCUT2D eigenvalue weighted by Gasteiger charge is 2.23. The number of nitrogens with one attached hydrogen (secondary N) is 2. The van der Waals surface area contributed by atoms with Gasteiger partial charge in [-0.1, -0.05) is 54.8 Å². The molecule has 10 heteroatoms. The zero-order valence-electron chi connectivity index (χ0n) is 17.3. The van der Waals surface area contributed by atoms with Crippen LogP contribution in [0.1, 0.15) is 18.9 Å². The zero-order valence-corrected chi connectivity index (χ0v) is 18.2. The standard InChI is InChI=1S/C14H18FN3O5S.C7H8/c1-2-24-17-9-4-3-5-18(14(9)23)8-12(20)16-10(6-13(21)22)11(19)7-15;1-7-5-3-2-4-6-7/h3-5,10,17H,2,6-8H2,1H3,(H,16,20)(H,21,22);2-6H,1H3. The van der Waals surface area contributed by atoms with E-state index < -0.39 is 48.9 Å². The summed E-state index contributed by atoms with van der Waals surface area (Å²) >= 11 is 1.31. The maximum absolute atomic E-state index is 12.4. The normalized spacial score (nSPS) is 10.9. The molecule has 0 saturated heterocycles. The van der Waals surface area contributed by atoms with E-state index in [0.29, 0.717) is 5.69 Å². The van der Waals surface area contributed by atoms with Crippen LogP contribution in [0.3, 0.4) is 0 Å². The third-order valence-corrected chi connectivity index (χ3v) is 4.49. The minimum absolute atomic E-state index is 0.291. The van der Waals surface area contributed by atoms with Crippen LogP contribution >= 0.6 is 11.9 Å². The molecule has 0 aliphatic rings.